The minimum absolute atomic E-state index is 0.151. The van der Waals surface area contributed by atoms with E-state index in [2.05, 4.69) is 36.3 Å². The van der Waals surface area contributed by atoms with Crippen LogP contribution in [0.25, 0.3) is 0 Å². The van der Waals surface area contributed by atoms with Gasteiger partial charge in [-0.15, -0.1) is 0 Å². The smallest absolute Gasteiger partial charge is 0.252 e. The average Bonchev–Trinajstić information content (AvgIpc) is 2.90. The Morgan fingerprint density at radius 1 is 0.556 bits per heavy atom. The molecule has 0 fully saturated rings. The van der Waals surface area contributed by atoms with Gasteiger partial charge in [0.15, 0.2) is 0 Å². The van der Waals surface area contributed by atoms with Gasteiger partial charge in [-0.3, -0.25) is 9.59 Å². The minimum Gasteiger partial charge on any atom is -0.352 e. The van der Waals surface area contributed by atoms with Gasteiger partial charge in [0.25, 0.3) is 11.8 Å². The van der Waals surface area contributed by atoms with Crippen LogP contribution in [0.2, 0.25) is 0 Å². The van der Waals surface area contributed by atoms with Crippen LogP contribution in [0.15, 0.2) is 24.3 Å². The third-order valence-electron chi connectivity index (χ3n) is 6.82. The molecular weight excluding hydrogens is 446 g/mol. The first-order valence-electron chi connectivity index (χ1n) is 15.0. The third-order valence-corrected chi connectivity index (χ3v) is 6.82. The standard InChI is InChI=1S/C31H55N3O2/c1-4-7-10-11-12-13-14-15-16-19-23-32-30(35)28-21-17-18-22-29(28)31(36)33-24-20-27-34(25-8-5-2)26-9-6-3/h17-18,21-22H,4-16,19-20,23-27H2,1-3H3,(H,32,35)(H,33,36). The maximum atomic E-state index is 12.8. The Kier molecular flexibility index (Phi) is 19.9. The fourth-order valence-corrected chi connectivity index (χ4v) is 4.49. The molecule has 0 aliphatic carbocycles. The summed E-state index contributed by atoms with van der Waals surface area (Å²) in [5, 5.41) is 6.04. The van der Waals surface area contributed by atoms with Crippen LogP contribution in [0.5, 0.6) is 0 Å². The molecule has 2 N–H and O–H groups in total. The Balaban J connectivity index is 2.32. The van der Waals surface area contributed by atoms with Gasteiger partial charge in [0, 0.05) is 13.1 Å². The van der Waals surface area contributed by atoms with Crippen molar-refractivity contribution in [2.45, 2.75) is 117 Å². The summed E-state index contributed by atoms with van der Waals surface area (Å²) in [5.74, 6) is -0.310. The number of carbonyl (C=O) groups is 2. The summed E-state index contributed by atoms with van der Waals surface area (Å²) in [6.07, 6.45) is 18.5. The topological polar surface area (TPSA) is 61.4 Å². The molecule has 0 bridgehead atoms. The molecule has 1 rings (SSSR count). The number of nitrogens with zero attached hydrogens (tertiary/aromatic N) is 1. The number of hydrogen-bond donors (Lipinski definition) is 2. The van der Waals surface area contributed by atoms with Crippen molar-refractivity contribution < 1.29 is 9.59 Å². The molecule has 36 heavy (non-hydrogen) atoms. The van der Waals surface area contributed by atoms with Crippen LogP contribution in [-0.4, -0.2) is 49.4 Å². The highest BCUT2D eigenvalue weighted by Crippen LogP contribution is 2.11. The first-order chi connectivity index (χ1) is 17.6. The summed E-state index contributed by atoms with van der Waals surface area (Å²) in [6, 6.07) is 7.15. The lowest BCUT2D eigenvalue weighted by Gasteiger charge is -2.22. The van der Waals surface area contributed by atoms with Crippen molar-refractivity contribution in [1.82, 2.24) is 15.5 Å². The summed E-state index contributed by atoms with van der Waals surface area (Å²) in [5.41, 5.74) is 0.932. The molecule has 0 aliphatic rings. The molecule has 206 valence electrons. The van der Waals surface area contributed by atoms with Crippen LogP contribution in [0.1, 0.15) is 138 Å². The van der Waals surface area contributed by atoms with Crippen LogP contribution >= 0.6 is 0 Å². The first kappa shape index (κ1) is 32.1. The third kappa shape index (κ3) is 15.3. The fraction of sp³-hybridized carbons (Fsp3) is 0.742. The molecule has 0 aromatic heterocycles. The van der Waals surface area contributed by atoms with Crippen molar-refractivity contribution in [3.63, 3.8) is 0 Å². The SMILES string of the molecule is CCCCCCCCCCCCNC(=O)c1ccccc1C(=O)NCCCN(CCCC)CCCC. The lowest BCUT2D eigenvalue weighted by atomic mass is 10.1. The summed E-state index contributed by atoms with van der Waals surface area (Å²) in [6.45, 7) is 11.3. The molecule has 5 nitrogen and oxygen atoms in total. The van der Waals surface area contributed by atoms with Crippen molar-refractivity contribution in [3.05, 3.63) is 35.4 Å². The van der Waals surface area contributed by atoms with E-state index < -0.39 is 0 Å². The normalized spacial score (nSPS) is 11.1. The highest BCUT2D eigenvalue weighted by molar-refractivity contribution is 6.07. The summed E-state index contributed by atoms with van der Waals surface area (Å²) < 4.78 is 0. The average molecular weight is 502 g/mol. The van der Waals surface area contributed by atoms with Gasteiger partial charge in [-0.2, -0.15) is 0 Å². The van der Waals surface area contributed by atoms with Gasteiger partial charge in [-0.1, -0.05) is 104 Å². The van der Waals surface area contributed by atoms with Gasteiger partial charge in [-0.25, -0.2) is 0 Å². The zero-order chi connectivity index (χ0) is 26.3. The number of unbranched alkanes of at least 4 members (excludes halogenated alkanes) is 11. The maximum absolute atomic E-state index is 12.8. The molecule has 5 heteroatoms. The van der Waals surface area contributed by atoms with Crippen molar-refractivity contribution in [2.75, 3.05) is 32.7 Å². The van der Waals surface area contributed by atoms with E-state index in [1.165, 1.54) is 77.0 Å². The predicted molar refractivity (Wildman–Crippen MR) is 154 cm³/mol. The zero-order valence-corrected chi connectivity index (χ0v) is 23.7. The van der Waals surface area contributed by atoms with Crippen molar-refractivity contribution in [2.24, 2.45) is 0 Å². The summed E-state index contributed by atoms with van der Waals surface area (Å²) >= 11 is 0. The molecule has 1 aromatic carbocycles. The van der Waals surface area contributed by atoms with Gasteiger partial charge < -0.3 is 15.5 Å². The number of amides is 2. The van der Waals surface area contributed by atoms with Gasteiger partial charge in [0.2, 0.25) is 0 Å². The predicted octanol–water partition coefficient (Wildman–Crippen LogP) is 7.36. The lowest BCUT2D eigenvalue weighted by molar-refractivity contribution is 0.0918. The number of rotatable bonds is 23. The van der Waals surface area contributed by atoms with Crippen molar-refractivity contribution in [3.8, 4) is 0 Å². The molecule has 2 amide bonds. The van der Waals surface area contributed by atoms with E-state index in [9.17, 15) is 9.59 Å². The molecule has 0 unspecified atom stereocenters. The van der Waals surface area contributed by atoms with Crippen LogP contribution < -0.4 is 10.6 Å². The van der Waals surface area contributed by atoms with E-state index in [0.29, 0.717) is 24.2 Å². The van der Waals surface area contributed by atoms with Gasteiger partial charge in [0.05, 0.1) is 11.1 Å². The second kappa shape index (κ2) is 22.3. The first-order valence-corrected chi connectivity index (χ1v) is 15.0. The quantitative estimate of drug-likeness (QED) is 0.154. The Labute approximate surface area is 222 Å². The minimum atomic E-state index is -0.159. The molecule has 0 saturated carbocycles. The molecule has 0 aliphatic heterocycles. The summed E-state index contributed by atoms with van der Waals surface area (Å²) in [4.78, 5) is 28.1. The second-order valence-corrected chi connectivity index (χ2v) is 10.1. The number of carbonyl (C=O) groups excluding carboxylic acids is 2. The molecule has 0 spiro atoms. The molecule has 0 saturated heterocycles. The summed E-state index contributed by atoms with van der Waals surface area (Å²) in [7, 11) is 0. The molecular formula is C31H55N3O2. The Bertz CT molecular complexity index is 684. The Hall–Kier alpha value is -1.88. The Morgan fingerprint density at radius 3 is 1.42 bits per heavy atom. The fourth-order valence-electron chi connectivity index (χ4n) is 4.49. The highest BCUT2D eigenvalue weighted by Gasteiger charge is 2.16. The molecule has 0 radical (unpaired) electrons. The van der Waals surface area contributed by atoms with E-state index in [4.69, 9.17) is 0 Å². The monoisotopic (exact) mass is 501 g/mol. The second-order valence-electron chi connectivity index (χ2n) is 10.1. The van der Waals surface area contributed by atoms with Crippen LogP contribution in [0.4, 0.5) is 0 Å². The van der Waals surface area contributed by atoms with Crippen LogP contribution in [-0.2, 0) is 0 Å². The molecule has 1 aromatic rings. The van der Waals surface area contributed by atoms with Crippen molar-refractivity contribution in [1.29, 1.82) is 0 Å². The van der Waals surface area contributed by atoms with E-state index >= 15 is 0 Å². The van der Waals surface area contributed by atoms with Gasteiger partial charge in [-0.05, 0) is 57.5 Å². The zero-order valence-electron chi connectivity index (χ0n) is 23.7. The largest absolute Gasteiger partial charge is 0.352 e. The van der Waals surface area contributed by atoms with E-state index in [-0.39, 0.29) is 11.8 Å². The molecule has 0 heterocycles. The van der Waals surface area contributed by atoms with Gasteiger partial charge in [0.1, 0.15) is 0 Å². The van der Waals surface area contributed by atoms with Crippen LogP contribution in [0, 0.1) is 0 Å². The van der Waals surface area contributed by atoms with E-state index in [0.717, 1.165) is 38.9 Å². The number of benzene rings is 1. The Morgan fingerprint density at radius 2 is 0.944 bits per heavy atom. The molecule has 0 atom stereocenters. The highest BCUT2D eigenvalue weighted by atomic mass is 16.2. The van der Waals surface area contributed by atoms with Gasteiger partial charge >= 0.3 is 0 Å². The number of hydrogen-bond acceptors (Lipinski definition) is 3. The van der Waals surface area contributed by atoms with Crippen molar-refractivity contribution >= 4 is 11.8 Å². The maximum Gasteiger partial charge on any atom is 0.252 e. The van der Waals surface area contributed by atoms with E-state index in [1.807, 2.05) is 12.1 Å². The van der Waals surface area contributed by atoms with Crippen LogP contribution in [0.3, 0.4) is 0 Å². The lowest BCUT2D eigenvalue weighted by Crippen LogP contribution is -2.33. The number of nitrogens with one attached hydrogen (secondary N) is 2. The van der Waals surface area contributed by atoms with E-state index in [1.54, 1.807) is 12.1 Å².